The third-order valence-corrected chi connectivity index (χ3v) is 6.88. The zero-order valence-corrected chi connectivity index (χ0v) is 25.2. The topological polar surface area (TPSA) is 39.8 Å². The van der Waals surface area contributed by atoms with Crippen LogP contribution in [0.4, 0.5) is 0 Å². The van der Waals surface area contributed by atoms with Crippen LogP contribution in [0.3, 0.4) is 0 Å². The predicted molar refractivity (Wildman–Crippen MR) is 164 cm³/mol. The Kier molecular flexibility index (Phi) is 17.0. The monoisotopic (exact) mass is 524 g/mol. The molecule has 2 aromatic carbocycles. The van der Waals surface area contributed by atoms with Gasteiger partial charge in [0.15, 0.2) is 0 Å². The van der Waals surface area contributed by atoms with Crippen LogP contribution in [0.2, 0.25) is 0 Å². The van der Waals surface area contributed by atoms with Gasteiger partial charge in [-0.2, -0.15) is 0 Å². The SMILES string of the molecule is Cc1cc(CNCCCN(C)C)c(OCCCCCCCCc2ccccc2)c(CNCCCN(C)C)c1. The predicted octanol–water partition coefficient (Wildman–Crippen LogP) is 6.04. The minimum atomic E-state index is 0.800. The number of rotatable bonds is 22. The number of nitrogens with zero attached hydrogens (tertiary/aromatic N) is 2. The lowest BCUT2D eigenvalue weighted by atomic mass is 10.0. The standard InChI is InChI=1S/C33H56N4O/c1-29-25-31(27-34-20-15-22-36(2)3)33(32(26-29)28-35-21-16-23-37(4)5)38-24-14-9-7-6-8-11-17-30-18-12-10-13-19-30/h10,12-13,18-19,25-26,34-35H,6-9,11,14-17,20-24,27-28H2,1-5H3. The third kappa shape index (κ3) is 14.9. The molecule has 0 atom stereocenters. The molecule has 2 N–H and O–H groups in total. The van der Waals surface area contributed by atoms with E-state index in [1.165, 1.54) is 60.8 Å². The van der Waals surface area contributed by atoms with Gasteiger partial charge in [0, 0.05) is 24.2 Å². The fourth-order valence-electron chi connectivity index (χ4n) is 4.82. The zero-order chi connectivity index (χ0) is 27.4. The summed E-state index contributed by atoms with van der Waals surface area (Å²) in [5.41, 5.74) is 5.36. The molecule has 2 rings (SSSR count). The van der Waals surface area contributed by atoms with Crippen LogP contribution in [-0.4, -0.2) is 70.8 Å². The summed E-state index contributed by atoms with van der Waals surface area (Å²) >= 11 is 0. The number of nitrogens with one attached hydrogen (secondary N) is 2. The molecular weight excluding hydrogens is 468 g/mol. The van der Waals surface area contributed by atoms with E-state index in [1.54, 1.807) is 0 Å². The average molecular weight is 525 g/mol. The Bertz CT molecular complexity index is 814. The van der Waals surface area contributed by atoms with Crippen LogP contribution in [0, 0.1) is 6.92 Å². The lowest BCUT2D eigenvalue weighted by molar-refractivity contribution is 0.296. The van der Waals surface area contributed by atoms with Gasteiger partial charge < -0.3 is 25.2 Å². The molecule has 0 aliphatic carbocycles. The summed E-state index contributed by atoms with van der Waals surface area (Å²) in [6.45, 7) is 8.99. The van der Waals surface area contributed by atoms with Crippen LogP contribution >= 0.6 is 0 Å². The molecule has 38 heavy (non-hydrogen) atoms. The van der Waals surface area contributed by atoms with Gasteiger partial charge in [0.25, 0.3) is 0 Å². The number of hydrogen-bond acceptors (Lipinski definition) is 5. The van der Waals surface area contributed by atoms with Crippen molar-refractivity contribution in [3.05, 3.63) is 64.7 Å². The van der Waals surface area contributed by atoms with Gasteiger partial charge in [0.05, 0.1) is 6.61 Å². The summed E-state index contributed by atoms with van der Waals surface area (Å²) in [5, 5.41) is 7.30. The summed E-state index contributed by atoms with van der Waals surface area (Å²) < 4.78 is 6.50. The first-order valence-electron chi connectivity index (χ1n) is 15.0. The normalized spacial score (nSPS) is 11.6. The first kappa shape index (κ1) is 32.3. The molecular formula is C33H56N4O. The molecule has 214 valence electrons. The van der Waals surface area contributed by atoms with Crippen LogP contribution in [0.25, 0.3) is 0 Å². The van der Waals surface area contributed by atoms with Crippen LogP contribution < -0.4 is 15.4 Å². The first-order valence-corrected chi connectivity index (χ1v) is 15.0. The van der Waals surface area contributed by atoms with E-state index in [1.807, 2.05) is 0 Å². The Balaban J connectivity index is 1.80. The second-order valence-corrected chi connectivity index (χ2v) is 11.3. The maximum absolute atomic E-state index is 6.50. The van der Waals surface area contributed by atoms with E-state index in [0.29, 0.717) is 0 Å². The number of benzene rings is 2. The van der Waals surface area contributed by atoms with E-state index in [9.17, 15) is 0 Å². The maximum atomic E-state index is 6.50. The minimum Gasteiger partial charge on any atom is -0.493 e. The van der Waals surface area contributed by atoms with Gasteiger partial charge in [0.1, 0.15) is 5.75 Å². The van der Waals surface area contributed by atoms with E-state index >= 15 is 0 Å². The van der Waals surface area contributed by atoms with E-state index in [4.69, 9.17) is 4.74 Å². The number of unbranched alkanes of at least 4 members (excludes halogenated alkanes) is 5. The highest BCUT2D eigenvalue weighted by atomic mass is 16.5. The second kappa shape index (κ2) is 20.0. The van der Waals surface area contributed by atoms with E-state index < -0.39 is 0 Å². The Hall–Kier alpha value is -1.92. The first-order chi connectivity index (χ1) is 18.5. The van der Waals surface area contributed by atoms with Crippen molar-refractivity contribution >= 4 is 0 Å². The molecule has 0 saturated heterocycles. The van der Waals surface area contributed by atoms with E-state index in [2.05, 4.69) is 98.0 Å². The van der Waals surface area contributed by atoms with Crippen molar-refractivity contribution in [2.75, 3.05) is 61.0 Å². The Morgan fingerprint density at radius 3 is 1.74 bits per heavy atom. The Morgan fingerprint density at radius 2 is 1.18 bits per heavy atom. The highest BCUT2D eigenvalue weighted by Crippen LogP contribution is 2.27. The summed E-state index contributed by atoms with van der Waals surface area (Å²) in [6, 6.07) is 15.5. The minimum absolute atomic E-state index is 0.800. The Morgan fingerprint density at radius 1 is 0.658 bits per heavy atom. The molecule has 0 spiro atoms. The van der Waals surface area contributed by atoms with Gasteiger partial charge in [-0.15, -0.1) is 0 Å². The number of aryl methyl sites for hydroxylation is 2. The van der Waals surface area contributed by atoms with Gasteiger partial charge in [-0.1, -0.05) is 73.7 Å². The molecule has 2 aromatic rings. The van der Waals surface area contributed by atoms with Crippen molar-refractivity contribution in [2.24, 2.45) is 0 Å². The van der Waals surface area contributed by atoms with Crippen molar-refractivity contribution in [3.63, 3.8) is 0 Å². The van der Waals surface area contributed by atoms with Crippen LogP contribution in [-0.2, 0) is 19.5 Å². The quantitative estimate of drug-likeness (QED) is 0.184. The van der Waals surface area contributed by atoms with Crippen molar-refractivity contribution in [1.82, 2.24) is 20.4 Å². The number of hydrogen-bond donors (Lipinski definition) is 2. The van der Waals surface area contributed by atoms with E-state index in [0.717, 1.165) is 70.9 Å². The Labute approximate surface area is 234 Å². The molecule has 5 heteroatoms. The summed E-state index contributed by atoms with van der Waals surface area (Å²) in [4.78, 5) is 4.48. The third-order valence-electron chi connectivity index (χ3n) is 6.88. The van der Waals surface area contributed by atoms with Crippen LogP contribution in [0.15, 0.2) is 42.5 Å². The van der Waals surface area contributed by atoms with Crippen molar-refractivity contribution < 1.29 is 4.74 Å². The van der Waals surface area contributed by atoms with Crippen molar-refractivity contribution in [3.8, 4) is 5.75 Å². The highest BCUT2D eigenvalue weighted by molar-refractivity contribution is 5.44. The maximum Gasteiger partial charge on any atom is 0.128 e. The molecule has 0 heterocycles. The van der Waals surface area contributed by atoms with Gasteiger partial charge >= 0.3 is 0 Å². The summed E-state index contributed by atoms with van der Waals surface area (Å²) in [7, 11) is 8.54. The lowest BCUT2D eigenvalue weighted by Crippen LogP contribution is -2.23. The fraction of sp³-hybridized carbons (Fsp3) is 0.636. The van der Waals surface area contributed by atoms with Gasteiger partial charge in [0.2, 0.25) is 0 Å². The van der Waals surface area contributed by atoms with Gasteiger partial charge in [-0.25, -0.2) is 0 Å². The van der Waals surface area contributed by atoms with E-state index in [-0.39, 0.29) is 0 Å². The van der Waals surface area contributed by atoms with Crippen LogP contribution in [0.1, 0.15) is 73.6 Å². The van der Waals surface area contributed by atoms with Gasteiger partial charge in [-0.3, -0.25) is 0 Å². The molecule has 0 aliphatic rings. The van der Waals surface area contributed by atoms with Crippen LogP contribution in [0.5, 0.6) is 5.75 Å². The fourth-order valence-corrected chi connectivity index (χ4v) is 4.82. The molecule has 0 radical (unpaired) electrons. The molecule has 0 aromatic heterocycles. The molecule has 0 unspecified atom stereocenters. The largest absolute Gasteiger partial charge is 0.493 e. The highest BCUT2D eigenvalue weighted by Gasteiger charge is 2.12. The van der Waals surface area contributed by atoms with Crippen molar-refractivity contribution in [1.29, 1.82) is 0 Å². The smallest absolute Gasteiger partial charge is 0.128 e. The van der Waals surface area contributed by atoms with Crippen molar-refractivity contribution in [2.45, 2.75) is 77.8 Å². The zero-order valence-electron chi connectivity index (χ0n) is 25.2. The molecule has 0 amide bonds. The molecule has 0 bridgehead atoms. The second-order valence-electron chi connectivity index (χ2n) is 11.3. The van der Waals surface area contributed by atoms with Gasteiger partial charge in [-0.05, 0) is 99.0 Å². The molecule has 0 aliphatic heterocycles. The average Bonchev–Trinajstić information content (AvgIpc) is 2.88. The number of ether oxygens (including phenoxy) is 1. The molecule has 0 saturated carbocycles. The summed E-state index contributed by atoms with van der Waals surface area (Å²) in [5.74, 6) is 1.10. The summed E-state index contributed by atoms with van der Waals surface area (Å²) in [6.07, 6.45) is 11.1. The molecule has 0 fully saturated rings. The molecule has 5 nitrogen and oxygen atoms in total. The lowest BCUT2D eigenvalue weighted by Gasteiger charge is -2.19.